The van der Waals surface area contributed by atoms with Gasteiger partial charge in [-0.1, -0.05) is 22.0 Å². The fourth-order valence-corrected chi connectivity index (χ4v) is 3.14. The average molecular weight is 320 g/mol. The summed E-state index contributed by atoms with van der Waals surface area (Å²) in [6.45, 7) is 4.35. The van der Waals surface area contributed by atoms with Crippen LogP contribution in [0.25, 0.3) is 5.69 Å². The van der Waals surface area contributed by atoms with Crippen LogP contribution in [0.15, 0.2) is 35.2 Å². The summed E-state index contributed by atoms with van der Waals surface area (Å²) in [5.41, 5.74) is 3.82. The van der Waals surface area contributed by atoms with Crippen LogP contribution < -0.4 is 5.32 Å². The number of benzene rings is 1. The van der Waals surface area contributed by atoms with Gasteiger partial charge in [-0.2, -0.15) is 0 Å². The molecule has 2 aromatic rings. The van der Waals surface area contributed by atoms with E-state index < -0.39 is 0 Å². The zero-order valence-corrected chi connectivity index (χ0v) is 12.7. The van der Waals surface area contributed by atoms with Gasteiger partial charge in [-0.05, 0) is 50.6 Å². The molecular formula is C15H18BrN3. The van der Waals surface area contributed by atoms with Crippen LogP contribution in [0.1, 0.15) is 30.0 Å². The van der Waals surface area contributed by atoms with Crippen molar-refractivity contribution in [2.24, 2.45) is 0 Å². The predicted molar refractivity (Wildman–Crippen MR) is 80.8 cm³/mol. The first-order chi connectivity index (χ1) is 9.27. The van der Waals surface area contributed by atoms with Gasteiger partial charge >= 0.3 is 0 Å². The molecule has 2 heterocycles. The maximum absolute atomic E-state index is 4.37. The van der Waals surface area contributed by atoms with Gasteiger partial charge in [0.2, 0.25) is 0 Å². The minimum absolute atomic E-state index is 0.613. The first-order valence-corrected chi connectivity index (χ1v) is 7.55. The topological polar surface area (TPSA) is 29.9 Å². The molecular weight excluding hydrogens is 302 g/mol. The molecule has 0 atom stereocenters. The number of nitrogens with zero attached hydrogens (tertiary/aromatic N) is 2. The van der Waals surface area contributed by atoms with E-state index in [1.165, 1.54) is 29.8 Å². The van der Waals surface area contributed by atoms with E-state index in [0.717, 1.165) is 17.6 Å². The lowest BCUT2D eigenvalue weighted by molar-refractivity contribution is 0.449. The van der Waals surface area contributed by atoms with E-state index >= 15 is 0 Å². The minimum atomic E-state index is 0.613. The Morgan fingerprint density at radius 3 is 2.89 bits per heavy atom. The van der Waals surface area contributed by atoms with Crippen molar-refractivity contribution in [2.45, 2.75) is 25.7 Å². The van der Waals surface area contributed by atoms with Crippen molar-refractivity contribution >= 4 is 15.9 Å². The maximum atomic E-state index is 4.37. The number of hydrogen-bond acceptors (Lipinski definition) is 2. The monoisotopic (exact) mass is 319 g/mol. The summed E-state index contributed by atoms with van der Waals surface area (Å²) in [5, 5.41) is 3.42. The molecule has 0 radical (unpaired) electrons. The maximum Gasteiger partial charge on any atom is 0.0994 e. The normalized spacial score (nSPS) is 16.7. The molecule has 1 saturated heterocycles. The van der Waals surface area contributed by atoms with E-state index in [9.17, 15) is 0 Å². The molecule has 4 heteroatoms. The van der Waals surface area contributed by atoms with E-state index in [-0.39, 0.29) is 0 Å². The fourth-order valence-electron chi connectivity index (χ4n) is 2.78. The van der Waals surface area contributed by atoms with Crippen molar-refractivity contribution in [3.05, 3.63) is 46.5 Å². The Hall–Kier alpha value is -1.13. The van der Waals surface area contributed by atoms with Gasteiger partial charge in [0.1, 0.15) is 0 Å². The van der Waals surface area contributed by atoms with Crippen LogP contribution in [0.4, 0.5) is 0 Å². The highest BCUT2D eigenvalue weighted by molar-refractivity contribution is 9.10. The molecule has 0 aliphatic carbocycles. The number of hydrogen-bond donors (Lipinski definition) is 1. The molecule has 0 amide bonds. The largest absolute Gasteiger partial charge is 0.317 e. The highest BCUT2D eigenvalue weighted by Crippen LogP contribution is 2.29. The molecule has 0 spiro atoms. The molecule has 0 saturated carbocycles. The van der Waals surface area contributed by atoms with Gasteiger partial charge in [0.15, 0.2) is 0 Å². The van der Waals surface area contributed by atoms with Gasteiger partial charge in [-0.15, -0.1) is 0 Å². The van der Waals surface area contributed by atoms with Crippen molar-refractivity contribution < 1.29 is 0 Å². The standard InChI is InChI=1S/C15H18BrN3/c1-11-13(16)3-2-4-14(11)19-10-18-9-15(19)12-5-7-17-8-6-12/h2-4,9-10,12,17H,5-8H2,1H3. The third kappa shape index (κ3) is 2.47. The number of rotatable bonds is 2. The molecule has 1 N–H and O–H groups in total. The second-order valence-electron chi connectivity index (χ2n) is 5.10. The second kappa shape index (κ2) is 5.47. The van der Waals surface area contributed by atoms with Crippen LogP contribution in [-0.4, -0.2) is 22.6 Å². The van der Waals surface area contributed by atoms with Gasteiger partial charge in [0, 0.05) is 22.3 Å². The molecule has 1 aliphatic heterocycles. The molecule has 0 unspecified atom stereocenters. The summed E-state index contributed by atoms with van der Waals surface area (Å²) in [7, 11) is 0. The van der Waals surface area contributed by atoms with Crippen LogP contribution >= 0.6 is 15.9 Å². The summed E-state index contributed by atoms with van der Waals surface area (Å²) in [4.78, 5) is 4.37. The second-order valence-corrected chi connectivity index (χ2v) is 5.95. The molecule has 3 nitrogen and oxygen atoms in total. The fraction of sp³-hybridized carbons (Fsp3) is 0.400. The summed E-state index contributed by atoms with van der Waals surface area (Å²) in [6.07, 6.45) is 6.35. The third-order valence-electron chi connectivity index (χ3n) is 3.92. The molecule has 0 bridgehead atoms. The summed E-state index contributed by atoms with van der Waals surface area (Å²) < 4.78 is 3.39. The van der Waals surface area contributed by atoms with Crippen LogP contribution in [-0.2, 0) is 0 Å². The lowest BCUT2D eigenvalue weighted by Crippen LogP contribution is -2.27. The highest BCUT2D eigenvalue weighted by atomic mass is 79.9. The Morgan fingerprint density at radius 1 is 1.32 bits per heavy atom. The van der Waals surface area contributed by atoms with E-state index in [4.69, 9.17) is 0 Å². The Balaban J connectivity index is 2.01. The van der Waals surface area contributed by atoms with Crippen molar-refractivity contribution in [2.75, 3.05) is 13.1 Å². The quantitative estimate of drug-likeness (QED) is 0.919. The average Bonchev–Trinajstić information content (AvgIpc) is 2.92. The number of piperidine rings is 1. The number of halogens is 1. The molecule has 100 valence electrons. The zero-order valence-electron chi connectivity index (χ0n) is 11.1. The third-order valence-corrected chi connectivity index (χ3v) is 4.78. The van der Waals surface area contributed by atoms with Crippen molar-refractivity contribution in [1.29, 1.82) is 0 Å². The van der Waals surface area contributed by atoms with Crippen molar-refractivity contribution in [1.82, 2.24) is 14.9 Å². The zero-order chi connectivity index (χ0) is 13.2. The highest BCUT2D eigenvalue weighted by Gasteiger charge is 2.20. The lowest BCUT2D eigenvalue weighted by atomic mass is 9.94. The van der Waals surface area contributed by atoms with Crippen molar-refractivity contribution in [3.8, 4) is 5.69 Å². The summed E-state index contributed by atoms with van der Waals surface area (Å²) in [6, 6.07) is 6.32. The van der Waals surface area contributed by atoms with Crippen LogP contribution in [0, 0.1) is 6.92 Å². The minimum Gasteiger partial charge on any atom is -0.317 e. The Morgan fingerprint density at radius 2 is 2.11 bits per heavy atom. The van der Waals surface area contributed by atoms with Crippen LogP contribution in [0.5, 0.6) is 0 Å². The molecule has 1 fully saturated rings. The molecule has 1 aromatic heterocycles. The van der Waals surface area contributed by atoms with E-state index in [2.05, 4.69) is 55.9 Å². The van der Waals surface area contributed by atoms with E-state index in [1.807, 2.05) is 12.5 Å². The summed E-state index contributed by atoms with van der Waals surface area (Å²) >= 11 is 3.61. The molecule has 1 aliphatic rings. The number of aromatic nitrogens is 2. The van der Waals surface area contributed by atoms with Gasteiger partial charge in [0.05, 0.1) is 12.0 Å². The molecule has 1 aromatic carbocycles. The van der Waals surface area contributed by atoms with E-state index in [1.54, 1.807) is 0 Å². The number of imidazole rings is 1. The molecule has 19 heavy (non-hydrogen) atoms. The smallest absolute Gasteiger partial charge is 0.0994 e. The first-order valence-electron chi connectivity index (χ1n) is 6.76. The summed E-state index contributed by atoms with van der Waals surface area (Å²) in [5.74, 6) is 0.613. The lowest BCUT2D eigenvalue weighted by Gasteiger charge is -2.24. The van der Waals surface area contributed by atoms with Crippen LogP contribution in [0.3, 0.4) is 0 Å². The van der Waals surface area contributed by atoms with Gasteiger partial charge in [-0.25, -0.2) is 4.98 Å². The predicted octanol–water partition coefficient (Wildman–Crippen LogP) is 3.41. The van der Waals surface area contributed by atoms with Crippen LogP contribution in [0.2, 0.25) is 0 Å². The Bertz CT molecular complexity index is 571. The Kier molecular flexibility index (Phi) is 3.71. The van der Waals surface area contributed by atoms with E-state index in [0.29, 0.717) is 5.92 Å². The number of nitrogens with one attached hydrogen (secondary N) is 1. The SMILES string of the molecule is Cc1c(Br)cccc1-n1cncc1C1CCNCC1. The first kappa shape index (κ1) is 12.9. The molecule has 3 rings (SSSR count). The van der Waals surface area contributed by atoms with Crippen molar-refractivity contribution in [3.63, 3.8) is 0 Å². The van der Waals surface area contributed by atoms with Gasteiger partial charge < -0.3 is 9.88 Å². The van der Waals surface area contributed by atoms with Gasteiger partial charge in [0.25, 0.3) is 0 Å². The Labute approximate surface area is 122 Å². The van der Waals surface area contributed by atoms with Gasteiger partial charge in [-0.3, -0.25) is 0 Å².